The topological polar surface area (TPSA) is 93.5 Å². The Bertz CT molecular complexity index is 1170. The highest BCUT2D eigenvalue weighted by atomic mass is 32.2. The van der Waals surface area contributed by atoms with E-state index in [2.05, 4.69) is 21.8 Å². The number of imidazole rings is 1. The molecule has 11 heteroatoms. The van der Waals surface area contributed by atoms with E-state index in [9.17, 15) is 13.2 Å². The van der Waals surface area contributed by atoms with Gasteiger partial charge < -0.3 is 14.6 Å². The van der Waals surface area contributed by atoms with Gasteiger partial charge in [0.05, 0.1) is 36.5 Å². The molecular formula is C20H24N4O4S3. The fraction of sp³-hybridized carbons (Fsp3) is 0.400. The lowest BCUT2D eigenvalue weighted by Crippen LogP contribution is -2.40. The summed E-state index contributed by atoms with van der Waals surface area (Å²) in [5, 5.41) is 3.68. The molecular weight excluding hydrogens is 456 g/mol. The maximum atomic E-state index is 12.7. The lowest BCUT2D eigenvalue weighted by molar-refractivity contribution is -0.118. The maximum Gasteiger partial charge on any atom is 0.252 e. The number of fused-ring (bicyclic) bond motifs is 1. The van der Waals surface area contributed by atoms with Gasteiger partial charge in [-0.1, -0.05) is 23.9 Å². The summed E-state index contributed by atoms with van der Waals surface area (Å²) in [5.74, 6) is 0.124. The van der Waals surface area contributed by atoms with Crippen molar-refractivity contribution in [3.8, 4) is 0 Å². The fourth-order valence-corrected chi connectivity index (χ4v) is 7.11. The van der Waals surface area contributed by atoms with E-state index in [-0.39, 0.29) is 11.7 Å². The smallest absolute Gasteiger partial charge is 0.252 e. The van der Waals surface area contributed by atoms with Gasteiger partial charge in [0.15, 0.2) is 5.16 Å². The Morgan fingerprint density at radius 3 is 2.77 bits per heavy atom. The summed E-state index contributed by atoms with van der Waals surface area (Å²) in [7, 11) is -3.50. The first-order chi connectivity index (χ1) is 15.0. The van der Waals surface area contributed by atoms with E-state index in [0.29, 0.717) is 37.1 Å². The molecule has 0 radical (unpaired) electrons. The average molecular weight is 481 g/mol. The summed E-state index contributed by atoms with van der Waals surface area (Å²) in [4.78, 5) is 17.8. The van der Waals surface area contributed by atoms with Crippen LogP contribution in [0.3, 0.4) is 0 Å². The molecule has 166 valence electrons. The zero-order valence-electron chi connectivity index (χ0n) is 17.1. The normalized spacial score (nSPS) is 15.4. The molecule has 0 unspecified atom stereocenters. The molecule has 2 aromatic heterocycles. The van der Waals surface area contributed by atoms with Gasteiger partial charge in [-0.3, -0.25) is 4.79 Å². The highest BCUT2D eigenvalue weighted by Gasteiger charge is 2.27. The Kier molecular flexibility index (Phi) is 6.97. The van der Waals surface area contributed by atoms with Crippen LogP contribution in [-0.2, 0) is 32.6 Å². The second-order valence-electron chi connectivity index (χ2n) is 6.93. The molecule has 0 atom stereocenters. The van der Waals surface area contributed by atoms with Crippen LogP contribution < -0.4 is 5.32 Å². The van der Waals surface area contributed by atoms with Crippen LogP contribution in [0.15, 0.2) is 45.8 Å². The molecule has 1 aromatic carbocycles. The first-order valence-electron chi connectivity index (χ1n) is 10.0. The number of carbonyl (C=O) groups excluding carboxylic acids is 1. The highest BCUT2D eigenvalue weighted by molar-refractivity contribution is 7.99. The van der Waals surface area contributed by atoms with E-state index in [1.807, 2.05) is 24.3 Å². The lowest BCUT2D eigenvalue weighted by atomic mass is 10.3. The van der Waals surface area contributed by atoms with Gasteiger partial charge >= 0.3 is 0 Å². The number of nitrogens with one attached hydrogen (secondary N) is 1. The van der Waals surface area contributed by atoms with Crippen LogP contribution in [0.4, 0.5) is 0 Å². The number of rotatable bonds is 8. The van der Waals surface area contributed by atoms with Crippen LogP contribution in [0, 0.1) is 0 Å². The van der Waals surface area contributed by atoms with Crippen LogP contribution in [0.2, 0.25) is 0 Å². The fourth-order valence-electron chi connectivity index (χ4n) is 3.34. The number of nitrogens with zero attached hydrogens (tertiary/aromatic N) is 3. The maximum absolute atomic E-state index is 12.7. The van der Waals surface area contributed by atoms with Crippen molar-refractivity contribution in [1.82, 2.24) is 19.2 Å². The molecule has 1 N–H and O–H groups in total. The van der Waals surface area contributed by atoms with Gasteiger partial charge in [0.2, 0.25) is 5.91 Å². The Hall–Kier alpha value is -1.92. The largest absolute Gasteiger partial charge is 0.379 e. The van der Waals surface area contributed by atoms with Crippen LogP contribution in [0.5, 0.6) is 0 Å². The standard InChI is InChI=1S/C20H24N4O4S3/c1-2-24-17-6-4-3-5-16(17)22-20(24)29-14-18(25)21-13-15-7-8-19(30-15)31(26,27)23-9-11-28-12-10-23/h3-8H,2,9-14H2,1H3,(H,21,25). The Labute approximate surface area is 189 Å². The minimum Gasteiger partial charge on any atom is -0.379 e. The zero-order valence-corrected chi connectivity index (χ0v) is 19.6. The van der Waals surface area contributed by atoms with E-state index in [1.165, 1.54) is 27.4 Å². The summed E-state index contributed by atoms with van der Waals surface area (Å²) in [6.45, 7) is 4.69. The first-order valence-corrected chi connectivity index (χ1v) is 13.2. The van der Waals surface area contributed by atoms with Crippen molar-refractivity contribution in [3.63, 3.8) is 0 Å². The Balaban J connectivity index is 1.33. The van der Waals surface area contributed by atoms with Crippen molar-refractivity contribution in [1.29, 1.82) is 0 Å². The molecule has 31 heavy (non-hydrogen) atoms. The number of aryl methyl sites for hydroxylation is 1. The van der Waals surface area contributed by atoms with Crippen molar-refractivity contribution < 1.29 is 17.9 Å². The van der Waals surface area contributed by atoms with Crippen molar-refractivity contribution in [2.45, 2.75) is 29.4 Å². The number of sulfonamides is 1. The van der Waals surface area contributed by atoms with Gasteiger partial charge in [0.1, 0.15) is 4.21 Å². The van der Waals surface area contributed by atoms with E-state index in [1.54, 1.807) is 12.1 Å². The molecule has 4 rings (SSSR count). The van der Waals surface area contributed by atoms with E-state index >= 15 is 0 Å². The number of morpholine rings is 1. The number of aromatic nitrogens is 2. The Morgan fingerprint density at radius 1 is 1.23 bits per heavy atom. The summed E-state index contributed by atoms with van der Waals surface area (Å²) >= 11 is 2.59. The Morgan fingerprint density at radius 2 is 2.00 bits per heavy atom. The molecule has 1 aliphatic rings. The number of para-hydroxylation sites is 2. The number of thiophene rings is 1. The molecule has 0 saturated carbocycles. The van der Waals surface area contributed by atoms with Crippen LogP contribution >= 0.6 is 23.1 Å². The number of carbonyl (C=O) groups is 1. The van der Waals surface area contributed by atoms with E-state index in [4.69, 9.17) is 4.74 Å². The average Bonchev–Trinajstić information content (AvgIpc) is 3.41. The lowest BCUT2D eigenvalue weighted by Gasteiger charge is -2.25. The highest BCUT2D eigenvalue weighted by Crippen LogP contribution is 2.26. The number of benzene rings is 1. The van der Waals surface area contributed by atoms with Crippen LogP contribution in [-0.4, -0.2) is 60.2 Å². The van der Waals surface area contributed by atoms with E-state index in [0.717, 1.165) is 27.6 Å². The molecule has 3 aromatic rings. The zero-order chi connectivity index (χ0) is 21.8. The molecule has 1 saturated heterocycles. The molecule has 3 heterocycles. The second kappa shape index (κ2) is 9.70. The number of amides is 1. The number of hydrogen-bond donors (Lipinski definition) is 1. The van der Waals surface area contributed by atoms with Crippen LogP contribution in [0.1, 0.15) is 11.8 Å². The van der Waals surface area contributed by atoms with Crippen molar-refractivity contribution in [2.24, 2.45) is 0 Å². The summed E-state index contributed by atoms with van der Waals surface area (Å²) < 4.78 is 34.5. The third kappa shape index (κ3) is 4.96. The molecule has 1 aliphatic heterocycles. The van der Waals surface area contributed by atoms with Crippen LogP contribution in [0.25, 0.3) is 11.0 Å². The predicted molar refractivity (Wildman–Crippen MR) is 122 cm³/mol. The molecule has 1 amide bonds. The SMILES string of the molecule is CCn1c(SCC(=O)NCc2ccc(S(=O)(=O)N3CCOCC3)s2)nc2ccccc21. The first kappa shape index (κ1) is 22.3. The van der Waals surface area contributed by atoms with Gasteiger partial charge in [-0.2, -0.15) is 4.31 Å². The van der Waals surface area contributed by atoms with Gasteiger partial charge in [-0.15, -0.1) is 11.3 Å². The third-order valence-corrected chi connectivity index (χ3v) is 9.36. The summed E-state index contributed by atoms with van der Waals surface area (Å²) in [5.41, 5.74) is 1.97. The monoisotopic (exact) mass is 480 g/mol. The van der Waals surface area contributed by atoms with Crippen molar-refractivity contribution >= 4 is 50.1 Å². The van der Waals surface area contributed by atoms with Crippen molar-refractivity contribution in [3.05, 3.63) is 41.3 Å². The molecule has 0 bridgehead atoms. The molecule has 0 spiro atoms. The molecule has 1 fully saturated rings. The molecule has 8 nitrogen and oxygen atoms in total. The number of thioether (sulfide) groups is 1. The van der Waals surface area contributed by atoms with Gasteiger partial charge in [-0.25, -0.2) is 13.4 Å². The molecule has 0 aliphatic carbocycles. The number of hydrogen-bond acceptors (Lipinski definition) is 7. The minimum atomic E-state index is -3.50. The van der Waals surface area contributed by atoms with E-state index < -0.39 is 10.0 Å². The summed E-state index contributed by atoms with van der Waals surface area (Å²) in [6, 6.07) is 11.3. The number of ether oxygens (including phenoxy) is 1. The van der Waals surface area contributed by atoms with Gasteiger partial charge in [-0.05, 0) is 31.2 Å². The minimum absolute atomic E-state index is 0.120. The van der Waals surface area contributed by atoms with Gasteiger partial charge in [0, 0.05) is 24.5 Å². The second-order valence-corrected chi connectivity index (χ2v) is 11.2. The predicted octanol–water partition coefficient (Wildman–Crippen LogP) is 2.55. The summed E-state index contributed by atoms with van der Waals surface area (Å²) in [6.07, 6.45) is 0. The van der Waals surface area contributed by atoms with Gasteiger partial charge in [0.25, 0.3) is 10.0 Å². The third-order valence-electron chi connectivity index (χ3n) is 4.93. The van der Waals surface area contributed by atoms with Crippen molar-refractivity contribution in [2.75, 3.05) is 32.1 Å². The quantitative estimate of drug-likeness (QED) is 0.498.